The van der Waals surface area contributed by atoms with Crippen molar-refractivity contribution in [3.63, 3.8) is 0 Å². The third kappa shape index (κ3) is 1.64. The summed E-state index contributed by atoms with van der Waals surface area (Å²) < 4.78 is 0. The van der Waals surface area contributed by atoms with E-state index in [9.17, 15) is 0 Å². The lowest BCUT2D eigenvalue weighted by Crippen LogP contribution is -2.30. The molecule has 0 atom stereocenters. The number of hydrogen-bond acceptors (Lipinski definition) is 1. The summed E-state index contributed by atoms with van der Waals surface area (Å²) in [5.41, 5.74) is 7.33. The molecule has 2 N–H and O–H groups in total. The summed E-state index contributed by atoms with van der Waals surface area (Å²) in [5, 5.41) is 0. The van der Waals surface area contributed by atoms with E-state index >= 15 is 0 Å². The van der Waals surface area contributed by atoms with Crippen LogP contribution in [0.3, 0.4) is 0 Å². The Bertz CT molecular complexity index is 158. The molecular weight excluding hydrogens is 134 g/mol. The molecule has 0 spiro atoms. The maximum atomic E-state index is 5.70. The lowest BCUT2D eigenvalue weighted by Gasteiger charge is -2.26. The Balaban J connectivity index is 1.83. The van der Waals surface area contributed by atoms with Gasteiger partial charge in [-0.3, -0.25) is 0 Å². The fourth-order valence-corrected chi connectivity index (χ4v) is 2.21. The number of hydrogen-bond donors (Lipinski definition) is 1. The van der Waals surface area contributed by atoms with E-state index in [4.69, 9.17) is 5.73 Å². The molecule has 2 rings (SSSR count). The molecule has 0 aromatic heterocycles. The fraction of sp³-hybridized carbons (Fsp3) is 0.800. The van der Waals surface area contributed by atoms with E-state index < -0.39 is 0 Å². The van der Waals surface area contributed by atoms with Gasteiger partial charge in [0.1, 0.15) is 0 Å². The number of rotatable bonds is 1. The second-order valence-corrected chi connectivity index (χ2v) is 4.04. The Morgan fingerprint density at radius 1 is 1.18 bits per heavy atom. The first-order chi connectivity index (χ1) is 5.34. The highest BCUT2D eigenvalue weighted by Crippen LogP contribution is 2.32. The van der Waals surface area contributed by atoms with Gasteiger partial charge in [-0.1, -0.05) is 24.5 Å². The van der Waals surface area contributed by atoms with Crippen LogP contribution in [-0.4, -0.2) is 6.04 Å². The molecule has 0 unspecified atom stereocenters. The van der Waals surface area contributed by atoms with Gasteiger partial charge in [-0.25, -0.2) is 0 Å². The van der Waals surface area contributed by atoms with Gasteiger partial charge >= 0.3 is 0 Å². The smallest absolute Gasteiger partial charge is 0.0113 e. The van der Waals surface area contributed by atoms with Crippen molar-refractivity contribution in [1.82, 2.24) is 0 Å². The van der Waals surface area contributed by atoms with Crippen LogP contribution in [0.1, 0.15) is 38.5 Å². The van der Waals surface area contributed by atoms with Crippen molar-refractivity contribution in [3.05, 3.63) is 11.6 Å². The van der Waals surface area contributed by atoms with Gasteiger partial charge in [-0.15, -0.1) is 0 Å². The van der Waals surface area contributed by atoms with E-state index in [1.807, 2.05) is 0 Å². The lowest BCUT2D eigenvalue weighted by atomic mass is 9.84. The number of nitrogens with two attached hydrogens (primary N) is 1. The van der Waals surface area contributed by atoms with E-state index in [0.717, 1.165) is 5.92 Å². The van der Waals surface area contributed by atoms with E-state index in [-0.39, 0.29) is 0 Å². The Morgan fingerprint density at radius 3 is 2.36 bits per heavy atom. The van der Waals surface area contributed by atoms with Crippen LogP contribution in [0.15, 0.2) is 11.6 Å². The van der Waals surface area contributed by atoms with Crippen LogP contribution in [0.5, 0.6) is 0 Å². The maximum absolute atomic E-state index is 5.70. The van der Waals surface area contributed by atoms with Crippen LogP contribution < -0.4 is 5.73 Å². The Kier molecular flexibility index (Phi) is 1.99. The van der Waals surface area contributed by atoms with Crippen LogP contribution in [0.25, 0.3) is 0 Å². The topological polar surface area (TPSA) is 26.0 Å². The molecule has 1 nitrogen and oxygen atoms in total. The molecule has 0 aromatic carbocycles. The quantitative estimate of drug-likeness (QED) is 0.571. The lowest BCUT2D eigenvalue weighted by molar-refractivity contribution is 0.526. The normalized spacial score (nSPS) is 32.1. The summed E-state index contributed by atoms with van der Waals surface area (Å²) in [6.07, 6.45) is 10.6. The summed E-state index contributed by atoms with van der Waals surface area (Å²) in [4.78, 5) is 0. The molecule has 0 amide bonds. The summed E-state index contributed by atoms with van der Waals surface area (Å²) in [7, 11) is 0. The SMILES string of the molecule is NC1CC(=CC2CCCC2)C1. The highest BCUT2D eigenvalue weighted by atomic mass is 14.7. The minimum atomic E-state index is 0.489. The molecule has 0 heterocycles. The van der Waals surface area contributed by atoms with E-state index in [1.165, 1.54) is 38.5 Å². The van der Waals surface area contributed by atoms with Crippen molar-refractivity contribution in [3.8, 4) is 0 Å². The standard InChI is InChI=1S/C10H17N/c11-10-6-9(7-10)5-8-3-1-2-4-8/h5,8,10H,1-4,6-7,11H2. The second-order valence-electron chi connectivity index (χ2n) is 4.04. The molecule has 0 saturated heterocycles. The van der Waals surface area contributed by atoms with Crippen molar-refractivity contribution < 1.29 is 0 Å². The molecule has 2 saturated carbocycles. The predicted molar refractivity (Wildman–Crippen MR) is 47.3 cm³/mol. The van der Waals surface area contributed by atoms with Gasteiger partial charge in [0.25, 0.3) is 0 Å². The highest BCUT2D eigenvalue weighted by Gasteiger charge is 2.21. The number of allylic oxidation sites excluding steroid dienone is 1. The average Bonchev–Trinajstić information content (AvgIpc) is 2.36. The van der Waals surface area contributed by atoms with Crippen LogP contribution in [-0.2, 0) is 0 Å². The zero-order valence-electron chi connectivity index (χ0n) is 7.05. The summed E-state index contributed by atoms with van der Waals surface area (Å²) in [6, 6.07) is 0.489. The van der Waals surface area contributed by atoms with E-state index in [1.54, 1.807) is 5.57 Å². The molecule has 0 radical (unpaired) electrons. The van der Waals surface area contributed by atoms with Crippen molar-refractivity contribution in [2.75, 3.05) is 0 Å². The second kappa shape index (κ2) is 2.98. The monoisotopic (exact) mass is 151 g/mol. The van der Waals surface area contributed by atoms with Gasteiger partial charge < -0.3 is 5.73 Å². The first-order valence-corrected chi connectivity index (χ1v) is 4.80. The van der Waals surface area contributed by atoms with Crippen molar-refractivity contribution in [1.29, 1.82) is 0 Å². The van der Waals surface area contributed by atoms with Gasteiger partial charge in [-0.05, 0) is 31.6 Å². The Morgan fingerprint density at radius 2 is 1.82 bits per heavy atom. The third-order valence-corrected chi connectivity index (χ3v) is 2.92. The minimum absolute atomic E-state index is 0.489. The summed E-state index contributed by atoms with van der Waals surface area (Å²) in [5.74, 6) is 0.914. The molecule has 0 aromatic rings. The Hall–Kier alpha value is -0.300. The molecule has 11 heavy (non-hydrogen) atoms. The van der Waals surface area contributed by atoms with Crippen LogP contribution in [0.2, 0.25) is 0 Å². The molecule has 2 aliphatic rings. The van der Waals surface area contributed by atoms with Crippen LogP contribution in [0, 0.1) is 5.92 Å². The third-order valence-electron chi connectivity index (χ3n) is 2.92. The molecule has 62 valence electrons. The minimum Gasteiger partial charge on any atom is -0.327 e. The van der Waals surface area contributed by atoms with Gasteiger partial charge in [0.05, 0.1) is 0 Å². The molecule has 0 aliphatic heterocycles. The predicted octanol–water partition coefficient (Wildman–Crippen LogP) is 2.22. The summed E-state index contributed by atoms with van der Waals surface area (Å²) >= 11 is 0. The van der Waals surface area contributed by atoms with Gasteiger partial charge in [-0.2, -0.15) is 0 Å². The van der Waals surface area contributed by atoms with Crippen molar-refractivity contribution >= 4 is 0 Å². The largest absolute Gasteiger partial charge is 0.327 e. The summed E-state index contributed by atoms with van der Waals surface area (Å²) in [6.45, 7) is 0. The fourth-order valence-electron chi connectivity index (χ4n) is 2.21. The molecule has 2 aliphatic carbocycles. The molecule has 0 bridgehead atoms. The average molecular weight is 151 g/mol. The van der Waals surface area contributed by atoms with Crippen molar-refractivity contribution in [2.45, 2.75) is 44.6 Å². The zero-order chi connectivity index (χ0) is 7.68. The van der Waals surface area contributed by atoms with Gasteiger partial charge in [0, 0.05) is 6.04 Å². The van der Waals surface area contributed by atoms with Gasteiger partial charge in [0.2, 0.25) is 0 Å². The van der Waals surface area contributed by atoms with E-state index in [0.29, 0.717) is 6.04 Å². The molecule has 1 heteroatoms. The van der Waals surface area contributed by atoms with Crippen LogP contribution >= 0.6 is 0 Å². The first kappa shape index (κ1) is 7.35. The first-order valence-electron chi connectivity index (χ1n) is 4.80. The zero-order valence-corrected chi connectivity index (χ0v) is 7.05. The van der Waals surface area contributed by atoms with E-state index in [2.05, 4.69) is 6.08 Å². The Labute approximate surface area is 68.7 Å². The highest BCUT2D eigenvalue weighted by molar-refractivity contribution is 5.16. The van der Waals surface area contributed by atoms with Crippen LogP contribution in [0.4, 0.5) is 0 Å². The van der Waals surface area contributed by atoms with Gasteiger partial charge in [0.15, 0.2) is 0 Å². The molecule has 2 fully saturated rings. The van der Waals surface area contributed by atoms with Crippen molar-refractivity contribution in [2.24, 2.45) is 11.7 Å². The maximum Gasteiger partial charge on any atom is 0.0113 e. The molecular formula is C10H17N.